The van der Waals surface area contributed by atoms with Gasteiger partial charge in [-0.3, -0.25) is 9.59 Å². The van der Waals surface area contributed by atoms with E-state index in [0.717, 1.165) is 30.5 Å². The second kappa shape index (κ2) is 8.74. The third-order valence-electron chi connectivity index (χ3n) is 6.04. The fraction of sp³-hybridized carbons (Fsp3) is 0.250. The Labute approximate surface area is 196 Å². The molecule has 0 atom stereocenters. The lowest BCUT2D eigenvalue weighted by Crippen LogP contribution is -2.28. The molecule has 0 spiro atoms. The highest BCUT2D eigenvalue weighted by atomic mass is 32.2. The van der Waals surface area contributed by atoms with Gasteiger partial charge in [-0.25, -0.2) is 8.42 Å². The molecule has 1 saturated heterocycles. The number of nitrogens with zero attached hydrogens (tertiary/aromatic N) is 2. The van der Waals surface area contributed by atoms with Crippen LogP contribution in [-0.4, -0.2) is 44.2 Å². The number of thiophene rings is 1. The summed E-state index contributed by atoms with van der Waals surface area (Å²) in [6.07, 6.45) is 2.52. The van der Waals surface area contributed by atoms with Gasteiger partial charge in [0.1, 0.15) is 0 Å². The van der Waals surface area contributed by atoms with Crippen LogP contribution in [0.4, 0.5) is 11.4 Å². The lowest BCUT2D eigenvalue weighted by atomic mass is 10.1. The summed E-state index contributed by atoms with van der Waals surface area (Å²) < 4.78 is 26.8. The van der Waals surface area contributed by atoms with E-state index < -0.39 is 10.0 Å². The van der Waals surface area contributed by atoms with Crippen molar-refractivity contribution in [3.05, 3.63) is 76.0 Å². The van der Waals surface area contributed by atoms with Crippen LogP contribution < -0.4 is 10.2 Å². The van der Waals surface area contributed by atoms with E-state index in [4.69, 9.17) is 0 Å². The molecule has 0 saturated carbocycles. The predicted octanol–water partition coefficient (Wildman–Crippen LogP) is 3.99. The molecule has 33 heavy (non-hydrogen) atoms. The van der Waals surface area contributed by atoms with E-state index in [-0.39, 0.29) is 16.7 Å². The number of benzene rings is 2. The van der Waals surface area contributed by atoms with Crippen LogP contribution in [0.5, 0.6) is 0 Å². The van der Waals surface area contributed by atoms with Crippen molar-refractivity contribution >= 4 is 44.5 Å². The Morgan fingerprint density at radius 1 is 0.939 bits per heavy atom. The molecule has 2 aliphatic rings. The minimum Gasteiger partial charge on any atom is -0.322 e. The standard InChI is InChI=1S/C24H23N3O4S2/c28-23(18-6-9-20(10-7-18)33(30,31)26-12-1-2-13-26)25-19-8-5-17-11-14-27(21(17)16-19)24(29)22-4-3-15-32-22/h3-10,15-16H,1-2,11-14H2,(H,25,28). The van der Waals surface area contributed by atoms with Crippen LogP contribution in [0.3, 0.4) is 0 Å². The zero-order valence-corrected chi connectivity index (χ0v) is 19.5. The monoisotopic (exact) mass is 481 g/mol. The van der Waals surface area contributed by atoms with Crippen molar-refractivity contribution in [1.82, 2.24) is 4.31 Å². The van der Waals surface area contributed by atoms with Crippen LogP contribution in [0.25, 0.3) is 0 Å². The van der Waals surface area contributed by atoms with E-state index in [1.54, 1.807) is 4.90 Å². The average molecular weight is 482 g/mol. The first kappa shape index (κ1) is 21.8. The fourth-order valence-electron chi connectivity index (χ4n) is 4.26. The fourth-order valence-corrected chi connectivity index (χ4v) is 6.45. The third kappa shape index (κ3) is 4.19. The van der Waals surface area contributed by atoms with Gasteiger partial charge in [-0.05, 0) is 72.7 Å². The number of carbonyl (C=O) groups excluding carboxylic acids is 2. The summed E-state index contributed by atoms with van der Waals surface area (Å²) in [5.41, 5.74) is 2.81. The van der Waals surface area contributed by atoms with Gasteiger partial charge in [0.15, 0.2) is 0 Å². The Morgan fingerprint density at radius 2 is 1.70 bits per heavy atom. The van der Waals surface area contributed by atoms with Crippen molar-refractivity contribution in [3.63, 3.8) is 0 Å². The molecular weight excluding hydrogens is 458 g/mol. The highest BCUT2D eigenvalue weighted by Crippen LogP contribution is 2.33. The predicted molar refractivity (Wildman–Crippen MR) is 129 cm³/mol. The Hall–Kier alpha value is -3.01. The van der Waals surface area contributed by atoms with Crippen molar-refractivity contribution in [3.8, 4) is 0 Å². The highest BCUT2D eigenvalue weighted by Gasteiger charge is 2.28. The molecule has 2 aliphatic heterocycles. The first-order valence-corrected chi connectivity index (χ1v) is 13.2. The third-order valence-corrected chi connectivity index (χ3v) is 8.81. The first-order valence-electron chi connectivity index (χ1n) is 10.8. The SMILES string of the molecule is O=C(Nc1ccc2c(c1)N(C(=O)c1cccs1)CC2)c1ccc(S(=O)(=O)N2CCCC2)cc1. The number of rotatable bonds is 5. The molecule has 9 heteroatoms. The molecule has 1 aromatic heterocycles. The Bertz CT molecular complexity index is 1300. The van der Waals surface area contributed by atoms with E-state index in [2.05, 4.69) is 5.32 Å². The van der Waals surface area contributed by atoms with Crippen molar-refractivity contribution in [2.24, 2.45) is 0 Å². The molecule has 5 rings (SSSR count). The van der Waals surface area contributed by atoms with Gasteiger partial charge in [0, 0.05) is 36.6 Å². The number of sulfonamides is 1. The van der Waals surface area contributed by atoms with Crippen LogP contribution in [-0.2, 0) is 16.4 Å². The van der Waals surface area contributed by atoms with Gasteiger partial charge in [0.05, 0.1) is 9.77 Å². The number of nitrogens with one attached hydrogen (secondary N) is 1. The maximum absolute atomic E-state index is 12.8. The van der Waals surface area contributed by atoms with Gasteiger partial charge in [-0.1, -0.05) is 12.1 Å². The summed E-state index contributed by atoms with van der Waals surface area (Å²) in [5, 5.41) is 4.74. The maximum Gasteiger partial charge on any atom is 0.268 e. The molecule has 1 N–H and O–H groups in total. The zero-order valence-electron chi connectivity index (χ0n) is 17.9. The molecule has 0 unspecified atom stereocenters. The molecule has 1 fully saturated rings. The molecule has 0 radical (unpaired) electrons. The van der Waals surface area contributed by atoms with Gasteiger partial charge in [-0.2, -0.15) is 4.31 Å². The van der Waals surface area contributed by atoms with E-state index in [1.807, 2.05) is 35.7 Å². The lowest BCUT2D eigenvalue weighted by Gasteiger charge is -2.17. The van der Waals surface area contributed by atoms with E-state index in [9.17, 15) is 18.0 Å². The van der Waals surface area contributed by atoms with Gasteiger partial charge < -0.3 is 10.2 Å². The van der Waals surface area contributed by atoms with E-state index in [1.165, 1.54) is 39.9 Å². The van der Waals surface area contributed by atoms with Crippen LogP contribution in [0.15, 0.2) is 64.9 Å². The van der Waals surface area contributed by atoms with Crippen molar-refractivity contribution in [2.75, 3.05) is 29.9 Å². The summed E-state index contributed by atoms with van der Waals surface area (Å²) in [4.78, 5) is 28.2. The normalized spacial score (nSPS) is 16.1. The Morgan fingerprint density at radius 3 is 2.39 bits per heavy atom. The zero-order chi connectivity index (χ0) is 23.0. The van der Waals surface area contributed by atoms with Crippen LogP contribution in [0, 0.1) is 0 Å². The van der Waals surface area contributed by atoms with Crippen molar-refractivity contribution < 1.29 is 18.0 Å². The lowest BCUT2D eigenvalue weighted by molar-refractivity contribution is 0.0991. The van der Waals surface area contributed by atoms with Gasteiger partial charge >= 0.3 is 0 Å². The molecule has 0 bridgehead atoms. The first-order chi connectivity index (χ1) is 15.9. The molecule has 170 valence electrons. The minimum absolute atomic E-state index is 0.0398. The second-order valence-electron chi connectivity index (χ2n) is 8.12. The molecule has 2 amide bonds. The van der Waals surface area contributed by atoms with Crippen LogP contribution in [0.1, 0.15) is 38.4 Å². The van der Waals surface area contributed by atoms with Crippen molar-refractivity contribution in [2.45, 2.75) is 24.2 Å². The van der Waals surface area contributed by atoms with Crippen molar-refractivity contribution in [1.29, 1.82) is 0 Å². The summed E-state index contributed by atoms with van der Waals surface area (Å²) in [7, 11) is -3.51. The Balaban J connectivity index is 1.31. The number of fused-ring (bicyclic) bond motifs is 1. The van der Waals surface area contributed by atoms with Gasteiger partial charge in [0.25, 0.3) is 11.8 Å². The van der Waals surface area contributed by atoms with Crippen LogP contribution >= 0.6 is 11.3 Å². The van der Waals surface area contributed by atoms with Crippen LogP contribution in [0.2, 0.25) is 0 Å². The van der Waals surface area contributed by atoms with E-state index >= 15 is 0 Å². The maximum atomic E-state index is 12.8. The minimum atomic E-state index is -3.51. The summed E-state index contributed by atoms with van der Waals surface area (Å²) >= 11 is 1.41. The number of carbonyl (C=O) groups is 2. The number of hydrogen-bond acceptors (Lipinski definition) is 5. The average Bonchev–Trinajstić information content (AvgIpc) is 3.60. The molecule has 7 nitrogen and oxygen atoms in total. The summed E-state index contributed by atoms with van der Waals surface area (Å²) in [6.45, 7) is 1.68. The number of amides is 2. The molecule has 3 aromatic rings. The van der Waals surface area contributed by atoms with Gasteiger partial charge in [0.2, 0.25) is 10.0 Å². The Kier molecular flexibility index (Phi) is 5.77. The summed E-state index contributed by atoms with van der Waals surface area (Å²) in [5.74, 6) is -0.378. The summed E-state index contributed by atoms with van der Waals surface area (Å²) in [6, 6.07) is 15.2. The molecule has 3 heterocycles. The largest absolute Gasteiger partial charge is 0.322 e. The van der Waals surface area contributed by atoms with Gasteiger partial charge in [-0.15, -0.1) is 11.3 Å². The smallest absolute Gasteiger partial charge is 0.268 e. The molecular formula is C24H23N3O4S2. The highest BCUT2D eigenvalue weighted by molar-refractivity contribution is 7.89. The molecule has 0 aliphatic carbocycles. The quantitative estimate of drug-likeness (QED) is 0.597. The second-order valence-corrected chi connectivity index (χ2v) is 11.0. The number of hydrogen-bond donors (Lipinski definition) is 1. The van der Waals surface area contributed by atoms with E-state index in [0.29, 0.717) is 35.8 Å². The number of anilines is 2. The molecule has 2 aromatic carbocycles. The topological polar surface area (TPSA) is 86.8 Å².